The number of rotatable bonds is 1. The Labute approximate surface area is 80.0 Å². The second-order valence-corrected chi connectivity index (χ2v) is 2.63. The predicted molar refractivity (Wildman–Crippen MR) is 38.1 cm³/mol. The summed E-state index contributed by atoms with van der Waals surface area (Å²) < 4.78 is 63.3. The van der Waals surface area contributed by atoms with Gasteiger partial charge in [0.05, 0.1) is 5.02 Å². The summed E-state index contributed by atoms with van der Waals surface area (Å²) in [7, 11) is 0. The van der Waals surface area contributed by atoms with Gasteiger partial charge >= 0.3 is 6.36 Å². The average Bonchev–Trinajstić information content (AvgIpc) is 2.04. The number of alkyl halides is 3. The Kier molecular flexibility index (Phi) is 2.84. The number of halogens is 6. The zero-order valence-corrected chi connectivity index (χ0v) is 7.09. The van der Waals surface area contributed by atoms with E-state index in [9.17, 15) is 22.0 Å². The summed E-state index contributed by atoms with van der Waals surface area (Å²) in [6, 6.07) is 1.36. The molecule has 0 heterocycles. The normalized spacial score (nSPS) is 11.6. The lowest BCUT2D eigenvalue weighted by atomic mass is 10.3. The van der Waals surface area contributed by atoms with Gasteiger partial charge in [0.25, 0.3) is 0 Å². The highest BCUT2D eigenvalue weighted by Crippen LogP contribution is 2.33. The van der Waals surface area contributed by atoms with E-state index in [0.717, 1.165) is 6.07 Å². The zero-order chi connectivity index (χ0) is 10.9. The molecule has 0 unspecified atom stereocenters. The molecular weight excluding hydrogens is 231 g/mol. The van der Waals surface area contributed by atoms with Crippen LogP contribution in [-0.4, -0.2) is 6.36 Å². The van der Waals surface area contributed by atoms with Gasteiger partial charge in [-0.3, -0.25) is 0 Å². The fourth-order valence-electron chi connectivity index (χ4n) is 0.718. The van der Waals surface area contributed by atoms with Gasteiger partial charge in [-0.1, -0.05) is 11.6 Å². The second-order valence-electron chi connectivity index (χ2n) is 2.22. The van der Waals surface area contributed by atoms with Crippen molar-refractivity contribution >= 4 is 11.6 Å². The summed E-state index contributed by atoms with van der Waals surface area (Å²) in [6.07, 6.45) is -5.11. The van der Waals surface area contributed by atoms with Gasteiger partial charge in [0.1, 0.15) is 0 Å². The Morgan fingerprint density at radius 3 is 2.21 bits per heavy atom. The fourth-order valence-corrected chi connectivity index (χ4v) is 0.902. The third-order valence-corrected chi connectivity index (χ3v) is 1.52. The van der Waals surface area contributed by atoms with E-state index in [1.165, 1.54) is 0 Å². The molecule has 7 heteroatoms. The number of hydrogen-bond donors (Lipinski definition) is 0. The fraction of sp³-hybridized carbons (Fsp3) is 0.143. The molecule has 1 nitrogen and oxygen atoms in total. The highest BCUT2D eigenvalue weighted by atomic mass is 35.5. The van der Waals surface area contributed by atoms with Crippen LogP contribution in [0.5, 0.6) is 5.75 Å². The SMILES string of the molecule is Fc1ccc(Cl)c(OC(F)(F)F)c1F. The molecule has 0 aliphatic carbocycles. The maximum absolute atomic E-state index is 12.7. The standard InChI is InChI=1S/C7H2ClF5O/c8-3-1-2-4(9)5(10)6(3)14-7(11,12)13/h1-2H. The van der Waals surface area contributed by atoms with Crippen LogP contribution in [0.3, 0.4) is 0 Å². The van der Waals surface area contributed by atoms with E-state index in [4.69, 9.17) is 11.6 Å². The lowest BCUT2D eigenvalue weighted by Crippen LogP contribution is -2.18. The predicted octanol–water partition coefficient (Wildman–Crippen LogP) is 3.52. The van der Waals surface area contributed by atoms with E-state index in [2.05, 4.69) is 4.74 Å². The first-order valence-electron chi connectivity index (χ1n) is 3.20. The third kappa shape index (κ3) is 2.47. The number of ether oxygens (including phenoxy) is 1. The largest absolute Gasteiger partial charge is 0.573 e. The van der Waals surface area contributed by atoms with Gasteiger partial charge in [-0.25, -0.2) is 4.39 Å². The van der Waals surface area contributed by atoms with E-state index in [0.29, 0.717) is 6.07 Å². The lowest BCUT2D eigenvalue weighted by Gasteiger charge is -2.10. The first-order chi connectivity index (χ1) is 6.31. The van der Waals surface area contributed by atoms with Crippen molar-refractivity contribution in [2.24, 2.45) is 0 Å². The molecule has 0 aromatic heterocycles. The molecule has 0 radical (unpaired) electrons. The number of hydrogen-bond acceptors (Lipinski definition) is 1. The quantitative estimate of drug-likeness (QED) is 0.532. The molecule has 14 heavy (non-hydrogen) atoms. The molecule has 0 N–H and O–H groups in total. The van der Waals surface area contributed by atoms with Crippen LogP contribution >= 0.6 is 11.6 Å². The van der Waals surface area contributed by atoms with Gasteiger partial charge in [-0.2, -0.15) is 4.39 Å². The van der Waals surface area contributed by atoms with Crippen molar-refractivity contribution in [3.8, 4) is 5.75 Å². The molecule has 78 valence electrons. The zero-order valence-electron chi connectivity index (χ0n) is 6.33. The molecule has 0 fully saturated rings. The van der Waals surface area contributed by atoms with Crippen molar-refractivity contribution < 1.29 is 26.7 Å². The van der Waals surface area contributed by atoms with Crippen molar-refractivity contribution in [2.75, 3.05) is 0 Å². The topological polar surface area (TPSA) is 9.23 Å². The molecule has 0 amide bonds. The highest BCUT2D eigenvalue weighted by molar-refractivity contribution is 6.32. The van der Waals surface area contributed by atoms with E-state index in [1.807, 2.05) is 0 Å². The molecular formula is C7H2ClF5O. The molecule has 0 bridgehead atoms. The molecule has 0 aliphatic rings. The van der Waals surface area contributed by atoms with Gasteiger partial charge in [0, 0.05) is 0 Å². The van der Waals surface area contributed by atoms with Crippen LogP contribution < -0.4 is 4.74 Å². The van der Waals surface area contributed by atoms with Gasteiger partial charge in [-0.15, -0.1) is 13.2 Å². The van der Waals surface area contributed by atoms with Crippen molar-refractivity contribution in [1.29, 1.82) is 0 Å². The van der Waals surface area contributed by atoms with Crippen LogP contribution in [0.25, 0.3) is 0 Å². The molecule has 1 aromatic rings. The van der Waals surface area contributed by atoms with Gasteiger partial charge in [-0.05, 0) is 12.1 Å². The molecule has 0 aliphatic heterocycles. The minimum absolute atomic E-state index is 0.598. The Bertz CT molecular complexity index is 349. The minimum atomic E-state index is -5.11. The Morgan fingerprint density at radius 2 is 1.71 bits per heavy atom. The Morgan fingerprint density at radius 1 is 1.14 bits per heavy atom. The summed E-state index contributed by atoms with van der Waals surface area (Å²) in [6.45, 7) is 0. The number of benzene rings is 1. The molecule has 1 rings (SSSR count). The molecule has 0 saturated heterocycles. The maximum atomic E-state index is 12.7. The van der Waals surface area contributed by atoms with Crippen LogP contribution in [0.2, 0.25) is 5.02 Å². The van der Waals surface area contributed by atoms with Crippen LogP contribution in [0.4, 0.5) is 22.0 Å². The van der Waals surface area contributed by atoms with Gasteiger partial charge in [0.2, 0.25) is 5.82 Å². The molecule has 0 spiro atoms. The first-order valence-corrected chi connectivity index (χ1v) is 3.58. The van der Waals surface area contributed by atoms with Crippen LogP contribution in [0.15, 0.2) is 12.1 Å². The summed E-state index contributed by atoms with van der Waals surface area (Å²) in [5.74, 6) is -4.59. The van der Waals surface area contributed by atoms with Crippen LogP contribution in [-0.2, 0) is 0 Å². The van der Waals surface area contributed by atoms with E-state index in [1.54, 1.807) is 0 Å². The van der Waals surface area contributed by atoms with Crippen molar-refractivity contribution in [3.63, 3.8) is 0 Å². The monoisotopic (exact) mass is 232 g/mol. The highest BCUT2D eigenvalue weighted by Gasteiger charge is 2.34. The van der Waals surface area contributed by atoms with Crippen LogP contribution in [0, 0.1) is 11.6 Å². The first kappa shape index (κ1) is 11.0. The lowest BCUT2D eigenvalue weighted by molar-refractivity contribution is -0.275. The summed E-state index contributed by atoms with van der Waals surface area (Å²) in [4.78, 5) is 0. The Balaban J connectivity index is 3.13. The third-order valence-electron chi connectivity index (χ3n) is 1.22. The Hall–Kier alpha value is -1.04. The summed E-state index contributed by atoms with van der Waals surface area (Å²) >= 11 is 5.18. The van der Waals surface area contributed by atoms with Gasteiger partial charge in [0.15, 0.2) is 11.6 Å². The molecule has 0 saturated carbocycles. The minimum Gasteiger partial charge on any atom is -0.401 e. The molecule has 0 atom stereocenters. The van der Waals surface area contributed by atoms with Crippen molar-refractivity contribution in [1.82, 2.24) is 0 Å². The molecule has 1 aromatic carbocycles. The van der Waals surface area contributed by atoms with Crippen molar-refractivity contribution in [2.45, 2.75) is 6.36 Å². The van der Waals surface area contributed by atoms with Crippen molar-refractivity contribution in [3.05, 3.63) is 28.8 Å². The van der Waals surface area contributed by atoms with E-state index < -0.39 is 28.8 Å². The van der Waals surface area contributed by atoms with Crippen LogP contribution in [0.1, 0.15) is 0 Å². The summed E-state index contributed by atoms with van der Waals surface area (Å²) in [5, 5.41) is -0.652. The smallest absolute Gasteiger partial charge is 0.401 e. The van der Waals surface area contributed by atoms with E-state index in [-0.39, 0.29) is 0 Å². The maximum Gasteiger partial charge on any atom is 0.573 e. The average molecular weight is 233 g/mol. The van der Waals surface area contributed by atoms with E-state index >= 15 is 0 Å². The second kappa shape index (κ2) is 3.61. The van der Waals surface area contributed by atoms with Gasteiger partial charge < -0.3 is 4.74 Å². The summed E-state index contributed by atoms with van der Waals surface area (Å²) in [5.41, 5.74) is 0.